The van der Waals surface area contributed by atoms with Crippen LogP contribution in [-0.2, 0) is 0 Å². The molecule has 3 aromatic rings. The quantitative estimate of drug-likeness (QED) is 0.749. The molecule has 0 radical (unpaired) electrons. The van der Waals surface area contributed by atoms with Crippen LogP contribution in [0.25, 0.3) is 10.8 Å². The van der Waals surface area contributed by atoms with Crippen LogP contribution in [0.5, 0.6) is 5.75 Å². The molecule has 0 fully saturated rings. The van der Waals surface area contributed by atoms with Gasteiger partial charge >= 0.3 is 0 Å². The van der Waals surface area contributed by atoms with Gasteiger partial charge in [-0.05, 0) is 22.9 Å². The minimum atomic E-state index is 0.214. The lowest BCUT2D eigenvalue weighted by Gasteiger charge is -2.08. The average Bonchev–Trinajstić information content (AvgIpc) is 3.19. The molecule has 2 heterocycles. The highest BCUT2D eigenvalue weighted by Crippen LogP contribution is 2.33. The van der Waals surface area contributed by atoms with Crippen molar-refractivity contribution < 1.29 is 5.11 Å². The summed E-state index contributed by atoms with van der Waals surface area (Å²) >= 11 is 1.73. The zero-order valence-electron chi connectivity index (χ0n) is 11.3. The third-order valence-corrected chi connectivity index (χ3v) is 4.84. The Kier molecular flexibility index (Phi) is 2.89. The van der Waals surface area contributed by atoms with Crippen molar-refractivity contribution in [1.82, 2.24) is 5.43 Å². The first-order valence-electron chi connectivity index (χ1n) is 6.89. The smallest absolute Gasteiger partial charge is 0.132 e. The van der Waals surface area contributed by atoms with E-state index in [1.54, 1.807) is 11.3 Å². The molecule has 1 aliphatic heterocycles. The van der Waals surface area contributed by atoms with Crippen LogP contribution >= 0.6 is 11.3 Å². The fourth-order valence-electron chi connectivity index (χ4n) is 2.75. The van der Waals surface area contributed by atoms with E-state index in [-0.39, 0.29) is 6.04 Å². The highest BCUT2D eigenvalue weighted by molar-refractivity contribution is 7.10. The maximum Gasteiger partial charge on any atom is 0.132 e. The van der Waals surface area contributed by atoms with E-state index < -0.39 is 0 Å². The molecule has 21 heavy (non-hydrogen) atoms. The standard InChI is InChI=1S/C17H14N2OS/c20-17-12-5-2-1-4-11(12)7-8-13(17)14-10-15(19-18-14)16-6-3-9-21-16/h1-9,15,19-20H,10H2. The largest absolute Gasteiger partial charge is 0.507 e. The molecule has 0 amide bonds. The lowest BCUT2D eigenvalue weighted by molar-refractivity contribution is 0.480. The van der Waals surface area contributed by atoms with Crippen LogP contribution < -0.4 is 5.43 Å². The molecule has 0 saturated heterocycles. The van der Waals surface area contributed by atoms with E-state index in [0.717, 1.165) is 28.5 Å². The van der Waals surface area contributed by atoms with E-state index in [1.807, 2.05) is 42.5 Å². The summed E-state index contributed by atoms with van der Waals surface area (Å²) in [6.45, 7) is 0. The summed E-state index contributed by atoms with van der Waals surface area (Å²) in [5.41, 5.74) is 4.90. The Morgan fingerprint density at radius 3 is 2.86 bits per heavy atom. The van der Waals surface area contributed by atoms with Crippen LogP contribution in [-0.4, -0.2) is 10.8 Å². The van der Waals surface area contributed by atoms with Gasteiger partial charge in [0.2, 0.25) is 0 Å². The maximum atomic E-state index is 10.5. The summed E-state index contributed by atoms with van der Waals surface area (Å²) in [7, 11) is 0. The molecule has 4 rings (SSSR count). The van der Waals surface area contributed by atoms with Gasteiger partial charge in [-0.1, -0.05) is 36.4 Å². The zero-order chi connectivity index (χ0) is 14.2. The monoisotopic (exact) mass is 294 g/mol. The molecule has 2 aromatic carbocycles. The van der Waals surface area contributed by atoms with Crippen LogP contribution in [0.3, 0.4) is 0 Å². The van der Waals surface area contributed by atoms with E-state index in [4.69, 9.17) is 0 Å². The third kappa shape index (κ3) is 2.08. The van der Waals surface area contributed by atoms with Crippen molar-refractivity contribution in [2.45, 2.75) is 12.5 Å². The zero-order valence-corrected chi connectivity index (χ0v) is 12.1. The van der Waals surface area contributed by atoms with Crippen molar-refractivity contribution in [3.05, 3.63) is 64.4 Å². The SMILES string of the molecule is Oc1c(C2=NNC(c3cccs3)C2)ccc2ccccc12. The van der Waals surface area contributed by atoms with E-state index in [1.165, 1.54) is 4.88 Å². The second-order valence-corrected chi connectivity index (χ2v) is 6.12. The molecular formula is C17H14N2OS. The van der Waals surface area contributed by atoms with Gasteiger partial charge in [0.15, 0.2) is 0 Å². The Balaban J connectivity index is 1.70. The second-order valence-electron chi connectivity index (χ2n) is 5.14. The Morgan fingerprint density at radius 2 is 2.00 bits per heavy atom. The molecule has 1 aliphatic rings. The first-order valence-corrected chi connectivity index (χ1v) is 7.77. The molecule has 1 unspecified atom stereocenters. The second kappa shape index (κ2) is 4.90. The molecule has 4 heteroatoms. The number of hydrogen-bond acceptors (Lipinski definition) is 4. The molecule has 3 nitrogen and oxygen atoms in total. The number of thiophene rings is 1. The van der Waals surface area contributed by atoms with Crippen molar-refractivity contribution in [2.75, 3.05) is 0 Å². The topological polar surface area (TPSA) is 44.6 Å². The van der Waals surface area contributed by atoms with Gasteiger partial charge < -0.3 is 10.5 Å². The molecule has 2 N–H and O–H groups in total. The number of benzene rings is 2. The van der Waals surface area contributed by atoms with E-state index in [2.05, 4.69) is 22.0 Å². The number of phenols is 1. The first kappa shape index (κ1) is 12.4. The van der Waals surface area contributed by atoms with Crippen molar-refractivity contribution >= 4 is 27.8 Å². The predicted molar refractivity (Wildman–Crippen MR) is 87.0 cm³/mol. The molecule has 0 spiro atoms. The Labute approximate surface area is 126 Å². The van der Waals surface area contributed by atoms with E-state index >= 15 is 0 Å². The average molecular weight is 294 g/mol. The Bertz CT molecular complexity index is 824. The Morgan fingerprint density at radius 1 is 1.10 bits per heavy atom. The van der Waals surface area contributed by atoms with Gasteiger partial charge in [0, 0.05) is 22.2 Å². The third-order valence-electron chi connectivity index (χ3n) is 3.85. The van der Waals surface area contributed by atoms with Crippen molar-refractivity contribution in [2.24, 2.45) is 5.10 Å². The van der Waals surface area contributed by atoms with Gasteiger partial charge in [0.05, 0.1) is 11.8 Å². The number of aromatic hydroxyl groups is 1. The maximum absolute atomic E-state index is 10.5. The number of hydrogen-bond donors (Lipinski definition) is 2. The predicted octanol–water partition coefficient (Wildman–Crippen LogP) is 4.05. The van der Waals surface area contributed by atoms with Crippen molar-refractivity contribution in [3.63, 3.8) is 0 Å². The molecular weight excluding hydrogens is 280 g/mol. The molecule has 0 bridgehead atoms. The van der Waals surface area contributed by atoms with Gasteiger partial charge in [-0.3, -0.25) is 0 Å². The number of nitrogens with one attached hydrogen (secondary N) is 1. The van der Waals surface area contributed by atoms with Gasteiger partial charge in [0.25, 0.3) is 0 Å². The summed E-state index contributed by atoms with van der Waals surface area (Å²) in [6.07, 6.45) is 0.798. The van der Waals surface area contributed by atoms with Gasteiger partial charge in [-0.15, -0.1) is 11.3 Å². The number of phenolic OH excluding ortho intramolecular Hbond substituents is 1. The van der Waals surface area contributed by atoms with Crippen LogP contribution in [0, 0.1) is 0 Å². The summed E-state index contributed by atoms with van der Waals surface area (Å²) in [4.78, 5) is 1.27. The fourth-order valence-corrected chi connectivity index (χ4v) is 3.52. The lowest BCUT2D eigenvalue weighted by Crippen LogP contribution is -2.07. The van der Waals surface area contributed by atoms with Crippen molar-refractivity contribution in [3.8, 4) is 5.75 Å². The van der Waals surface area contributed by atoms with Crippen LogP contribution in [0.1, 0.15) is 22.9 Å². The minimum Gasteiger partial charge on any atom is -0.507 e. The number of fused-ring (bicyclic) bond motifs is 1. The van der Waals surface area contributed by atoms with Crippen molar-refractivity contribution in [1.29, 1.82) is 0 Å². The summed E-state index contributed by atoms with van der Waals surface area (Å²) in [6, 6.07) is 16.2. The molecule has 104 valence electrons. The number of rotatable bonds is 2. The van der Waals surface area contributed by atoms with Crippen LogP contribution in [0.15, 0.2) is 59.0 Å². The van der Waals surface area contributed by atoms with Gasteiger partial charge in [0.1, 0.15) is 5.75 Å². The van der Waals surface area contributed by atoms with Crippen LogP contribution in [0.2, 0.25) is 0 Å². The number of nitrogens with zero attached hydrogens (tertiary/aromatic N) is 1. The lowest BCUT2D eigenvalue weighted by atomic mass is 9.99. The van der Waals surface area contributed by atoms with Gasteiger partial charge in [-0.2, -0.15) is 5.10 Å². The molecule has 0 aliphatic carbocycles. The molecule has 1 atom stereocenters. The number of hydrazone groups is 1. The highest BCUT2D eigenvalue weighted by Gasteiger charge is 2.24. The Hall–Kier alpha value is -2.33. The van der Waals surface area contributed by atoms with E-state index in [0.29, 0.717) is 5.75 Å². The molecule has 1 aromatic heterocycles. The minimum absolute atomic E-state index is 0.214. The first-order chi connectivity index (χ1) is 10.3. The van der Waals surface area contributed by atoms with Gasteiger partial charge in [-0.25, -0.2) is 0 Å². The summed E-state index contributed by atoms with van der Waals surface area (Å²) in [5, 5.41) is 18.9. The summed E-state index contributed by atoms with van der Waals surface area (Å²) < 4.78 is 0. The highest BCUT2D eigenvalue weighted by atomic mass is 32.1. The summed E-state index contributed by atoms with van der Waals surface area (Å²) in [5.74, 6) is 0.320. The van der Waals surface area contributed by atoms with E-state index in [9.17, 15) is 5.11 Å². The van der Waals surface area contributed by atoms with Crippen LogP contribution in [0.4, 0.5) is 0 Å². The normalized spacial score (nSPS) is 17.7. The fraction of sp³-hybridized carbons (Fsp3) is 0.118. The molecule has 0 saturated carbocycles.